The number of fused-ring (bicyclic) bond motifs is 4. The number of para-hydroxylation sites is 2. The monoisotopic (exact) mass is 380 g/mol. The van der Waals surface area contributed by atoms with Crippen molar-refractivity contribution in [2.75, 3.05) is 0 Å². The van der Waals surface area contributed by atoms with Gasteiger partial charge >= 0.3 is 0 Å². The van der Waals surface area contributed by atoms with Gasteiger partial charge in [-0.1, -0.05) is 36.4 Å². The first-order valence-electron chi connectivity index (χ1n) is 9.17. The van der Waals surface area contributed by atoms with Crippen LogP contribution < -0.4 is 0 Å². The molecule has 0 atom stereocenters. The van der Waals surface area contributed by atoms with E-state index in [9.17, 15) is 4.39 Å². The van der Waals surface area contributed by atoms with Gasteiger partial charge in [0.05, 0.1) is 17.1 Å². The number of halogens is 1. The molecule has 0 spiro atoms. The zero-order valence-corrected chi connectivity index (χ0v) is 15.1. The van der Waals surface area contributed by atoms with Crippen molar-refractivity contribution in [1.82, 2.24) is 19.7 Å². The van der Waals surface area contributed by atoms with E-state index < -0.39 is 0 Å². The van der Waals surface area contributed by atoms with E-state index in [1.54, 1.807) is 12.3 Å². The van der Waals surface area contributed by atoms with Crippen molar-refractivity contribution in [2.45, 2.75) is 0 Å². The van der Waals surface area contributed by atoms with Gasteiger partial charge in [0.1, 0.15) is 22.5 Å². The largest absolute Gasteiger partial charge is 0.455 e. The third-order valence-corrected chi connectivity index (χ3v) is 5.06. The first-order chi connectivity index (χ1) is 14.3. The summed E-state index contributed by atoms with van der Waals surface area (Å²) in [6.07, 6.45) is 1.61. The molecule has 5 nitrogen and oxygen atoms in total. The van der Waals surface area contributed by atoms with Crippen molar-refractivity contribution in [3.63, 3.8) is 0 Å². The van der Waals surface area contributed by atoms with Crippen LogP contribution in [-0.4, -0.2) is 19.7 Å². The molecule has 0 aliphatic heterocycles. The predicted octanol–water partition coefficient (Wildman–Crippen LogP) is 5.52. The van der Waals surface area contributed by atoms with E-state index in [4.69, 9.17) is 9.40 Å². The molecule has 6 rings (SSSR count). The van der Waals surface area contributed by atoms with Crippen molar-refractivity contribution in [2.24, 2.45) is 0 Å². The van der Waals surface area contributed by atoms with E-state index in [-0.39, 0.29) is 5.82 Å². The standard InChI is InChI=1S/C23H13FN4O/c24-17-11-10-16(21-20(17)15-8-4-5-9-19(15)29-21)22-26-18-12-13-25-27-23(18)28(22)14-6-2-1-3-7-14/h1-13H. The zero-order valence-electron chi connectivity index (χ0n) is 15.1. The van der Waals surface area contributed by atoms with E-state index in [2.05, 4.69) is 10.2 Å². The number of furan rings is 1. The molecule has 29 heavy (non-hydrogen) atoms. The highest BCUT2D eigenvalue weighted by Crippen LogP contribution is 2.38. The second-order valence-corrected chi connectivity index (χ2v) is 6.74. The lowest BCUT2D eigenvalue weighted by atomic mass is 10.1. The lowest BCUT2D eigenvalue weighted by Crippen LogP contribution is -1.99. The van der Waals surface area contributed by atoms with Crippen LogP contribution in [0.3, 0.4) is 0 Å². The maximum atomic E-state index is 14.8. The summed E-state index contributed by atoms with van der Waals surface area (Å²) < 4.78 is 22.8. The normalized spacial score (nSPS) is 11.6. The van der Waals surface area contributed by atoms with Gasteiger partial charge in [-0.25, -0.2) is 9.37 Å². The van der Waals surface area contributed by atoms with E-state index in [1.165, 1.54) is 6.07 Å². The summed E-state index contributed by atoms with van der Waals surface area (Å²) in [5.74, 6) is 0.298. The minimum absolute atomic E-state index is 0.323. The van der Waals surface area contributed by atoms with Crippen molar-refractivity contribution in [3.05, 3.63) is 84.8 Å². The minimum atomic E-state index is -0.323. The number of imidazole rings is 1. The van der Waals surface area contributed by atoms with Crippen LogP contribution in [-0.2, 0) is 0 Å². The van der Waals surface area contributed by atoms with Crippen LogP contribution in [0.15, 0.2) is 83.4 Å². The fraction of sp³-hybridized carbons (Fsp3) is 0. The van der Waals surface area contributed by atoms with Gasteiger partial charge in [0.2, 0.25) is 0 Å². The summed E-state index contributed by atoms with van der Waals surface area (Å²) in [5.41, 5.74) is 4.01. The Kier molecular flexibility index (Phi) is 3.28. The van der Waals surface area contributed by atoms with Crippen LogP contribution in [0.4, 0.5) is 4.39 Å². The van der Waals surface area contributed by atoms with Crippen LogP contribution in [0, 0.1) is 5.82 Å². The molecule has 0 radical (unpaired) electrons. The van der Waals surface area contributed by atoms with E-state index in [0.717, 1.165) is 11.1 Å². The van der Waals surface area contributed by atoms with E-state index in [1.807, 2.05) is 65.2 Å². The van der Waals surface area contributed by atoms with Crippen molar-refractivity contribution >= 4 is 33.1 Å². The third kappa shape index (κ3) is 2.29. The Balaban J connectivity index is 1.76. The van der Waals surface area contributed by atoms with Gasteiger partial charge in [0.15, 0.2) is 11.5 Å². The lowest BCUT2D eigenvalue weighted by Gasteiger charge is -2.09. The molecular weight excluding hydrogens is 367 g/mol. The zero-order chi connectivity index (χ0) is 19.4. The number of hydrogen-bond donors (Lipinski definition) is 0. The van der Waals surface area contributed by atoms with Gasteiger partial charge in [-0.3, -0.25) is 4.57 Å². The summed E-state index contributed by atoms with van der Waals surface area (Å²) in [7, 11) is 0. The molecule has 0 aliphatic carbocycles. The Labute approximate surface area is 164 Å². The second-order valence-electron chi connectivity index (χ2n) is 6.74. The van der Waals surface area contributed by atoms with Gasteiger partial charge in [-0.15, -0.1) is 5.10 Å². The Bertz CT molecular complexity index is 1520. The Hall–Kier alpha value is -4.06. The molecule has 138 valence electrons. The number of rotatable bonds is 2. The first kappa shape index (κ1) is 15.9. The molecule has 0 N–H and O–H groups in total. The average molecular weight is 380 g/mol. The summed E-state index contributed by atoms with van der Waals surface area (Å²) in [5, 5.41) is 9.51. The van der Waals surface area contributed by atoms with Crippen molar-refractivity contribution in [1.29, 1.82) is 0 Å². The maximum absolute atomic E-state index is 14.8. The van der Waals surface area contributed by atoms with Crippen molar-refractivity contribution in [3.8, 4) is 17.1 Å². The van der Waals surface area contributed by atoms with Crippen LogP contribution in [0.1, 0.15) is 0 Å². The van der Waals surface area contributed by atoms with Gasteiger partial charge in [0, 0.05) is 11.1 Å². The van der Waals surface area contributed by atoms with Gasteiger partial charge in [-0.2, -0.15) is 5.10 Å². The van der Waals surface area contributed by atoms with Crippen LogP contribution in [0.2, 0.25) is 0 Å². The number of nitrogens with zero attached hydrogens (tertiary/aromatic N) is 4. The number of hydrogen-bond acceptors (Lipinski definition) is 4. The summed E-state index contributed by atoms with van der Waals surface area (Å²) in [6, 6.07) is 22.2. The molecule has 3 heterocycles. The number of aromatic nitrogens is 4. The smallest absolute Gasteiger partial charge is 0.187 e. The number of benzene rings is 3. The molecule has 0 amide bonds. The molecule has 6 aromatic rings. The lowest BCUT2D eigenvalue weighted by molar-refractivity contribution is 0.634. The minimum Gasteiger partial charge on any atom is -0.455 e. The van der Waals surface area contributed by atoms with Gasteiger partial charge in [0.25, 0.3) is 0 Å². The molecule has 0 fully saturated rings. The first-order valence-corrected chi connectivity index (χ1v) is 9.17. The summed E-state index contributed by atoms with van der Waals surface area (Å²) in [6.45, 7) is 0. The van der Waals surface area contributed by atoms with Gasteiger partial charge < -0.3 is 4.42 Å². The Morgan fingerprint density at radius 2 is 1.69 bits per heavy atom. The highest BCUT2D eigenvalue weighted by atomic mass is 19.1. The van der Waals surface area contributed by atoms with Crippen molar-refractivity contribution < 1.29 is 8.81 Å². The molecule has 0 saturated heterocycles. The highest BCUT2D eigenvalue weighted by molar-refractivity contribution is 6.09. The molecule has 0 unspecified atom stereocenters. The van der Waals surface area contributed by atoms with Crippen LogP contribution >= 0.6 is 0 Å². The molecule has 6 heteroatoms. The molecule has 0 saturated carbocycles. The summed E-state index contributed by atoms with van der Waals surface area (Å²) >= 11 is 0. The topological polar surface area (TPSA) is 56.7 Å². The molecular formula is C23H13FN4O. The highest BCUT2D eigenvalue weighted by Gasteiger charge is 2.22. The molecule has 0 bridgehead atoms. The van der Waals surface area contributed by atoms with E-state index in [0.29, 0.717) is 39.1 Å². The quantitative estimate of drug-likeness (QED) is 0.397. The van der Waals surface area contributed by atoms with Gasteiger partial charge in [-0.05, 0) is 36.4 Å². The fourth-order valence-electron chi connectivity index (χ4n) is 3.79. The average Bonchev–Trinajstić information content (AvgIpc) is 3.34. The van der Waals surface area contributed by atoms with Crippen LogP contribution in [0.5, 0.6) is 0 Å². The SMILES string of the molecule is Fc1ccc(-c2nc3ccnnc3n2-c2ccccc2)c2oc3ccccc3c12. The predicted molar refractivity (Wildman–Crippen MR) is 109 cm³/mol. The fourth-order valence-corrected chi connectivity index (χ4v) is 3.79. The molecule has 3 aromatic carbocycles. The molecule has 0 aliphatic rings. The molecule has 3 aromatic heterocycles. The maximum Gasteiger partial charge on any atom is 0.187 e. The Morgan fingerprint density at radius 1 is 0.862 bits per heavy atom. The van der Waals surface area contributed by atoms with Crippen LogP contribution in [0.25, 0.3) is 50.2 Å². The van der Waals surface area contributed by atoms with E-state index >= 15 is 0 Å². The second kappa shape index (κ2) is 5.97. The Morgan fingerprint density at radius 3 is 2.59 bits per heavy atom. The third-order valence-electron chi connectivity index (χ3n) is 5.06. The summed E-state index contributed by atoms with van der Waals surface area (Å²) in [4.78, 5) is 4.79.